The van der Waals surface area contributed by atoms with Crippen molar-refractivity contribution in [2.24, 2.45) is 10.7 Å². The molecule has 0 aliphatic heterocycles. The van der Waals surface area contributed by atoms with Crippen molar-refractivity contribution in [1.82, 2.24) is 14.1 Å². The number of carbonyl (C=O) groups excluding carboxylic acids is 1. The third-order valence-corrected chi connectivity index (χ3v) is 6.31. The second-order valence-corrected chi connectivity index (χ2v) is 9.88. The van der Waals surface area contributed by atoms with Gasteiger partial charge in [-0.05, 0) is 45.0 Å². The molecule has 0 aliphatic rings. The molecular formula is C29H28F3N7O5. The van der Waals surface area contributed by atoms with Crippen LogP contribution in [0.25, 0.3) is 5.69 Å². The Morgan fingerprint density at radius 3 is 2.41 bits per heavy atom. The van der Waals surface area contributed by atoms with Crippen molar-refractivity contribution >= 4 is 23.2 Å². The molecule has 0 radical (unpaired) electrons. The Labute approximate surface area is 248 Å². The molecule has 0 spiro atoms. The summed E-state index contributed by atoms with van der Waals surface area (Å²) in [5.74, 6) is -4.81. The summed E-state index contributed by atoms with van der Waals surface area (Å²) in [4.78, 5) is 47.5. The highest BCUT2D eigenvalue weighted by Crippen LogP contribution is 2.31. The molecule has 0 unspecified atom stereocenters. The number of anilines is 2. The molecule has 0 aliphatic carbocycles. The van der Waals surface area contributed by atoms with Crippen LogP contribution in [-0.4, -0.2) is 43.6 Å². The zero-order chi connectivity index (χ0) is 32.3. The van der Waals surface area contributed by atoms with Gasteiger partial charge in [-0.1, -0.05) is 0 Å². The van der Waals surface area contributed by atoms with Gasteiger partial charge in [0.25, 0.3) is 11.5 Å². The molecule has 15 heteroatoms. The quantitative estimate of drug-likeness (QED) is 0.165. The summed E-state index contributed by atoms with van der Waals surface area (Å²) < 4.78 is 49.9. The molecule has 4 rings (SSSR count). The molecule has 2 aromatic carbocycles. The third-order valence-electron chi connectivity index (χ3n) is 6.31. The first-order valence-electron chi connectivity index (χ1n) is 13.1. The van der Waals surface area contributed by atoms with Crippen molar-refractivity contribution in [2.45, 2.75) is 32.9 Å². The lowest BCUT2D eigenvalue weighted by Gasteiger charge is -2.16. The predicted octanol–water partition coefficient (Wildman–Crippen LogP) is 3.11. The van der Waals surface area contributed by atoms with Crippen LogP contribution >= 0.6 is 0 Å². The van der Waals surface area contributed by atoms with E-state index in [2.05, 4.69) is 15.3 Å². The first-order valence-corrected chi connectivity index (χ1v) is 13.1. The number of pyridine rings is 1. The maximum Gasteiger partial charge on any atom is 0.335 e. The molecular weight excluding hydrogens is 583 g/mol. The molecule has 0 bridgehead atoms. The monoisotopic (exact) mass is 611 g/mol. The fourth-order valence-electron chi connectivity index (χ4n) is 4.07. The third kappa shape index (κ3) is 6.47. The molecule has 4 aromatic rings. The summed E-state index contributed by atoms with van der Waals surface area (Å²) in [7, 11) is 0. The van der Waals surface area contributed by atoms with Crippen molar-refractivity contribution < 1.29 is 27.8 Å². The number of aliphatic hydroxyl groups is 1. The number of nitrogens with zero attached hydrogens (tertiary/aromatic N) is 4. The van der Waals surface area contributed by atoms with Gasteiger partial charge in [-0.15, -0.1) is 0 Å². The van der Waals surface area contributed by atoms with Crippen molar-refractivity contribution in [1.29, 1.82) is 0 Å². The van der Waals surface area contributed by atoms with Gasteiger partial charge in [-0.25, -0.2) is 27.5 Å². The summed E-state index contributed by atoms with van der Waals surface area (Å²) in [5.41, 5.74) is 9.18. The number of aliphatic hydroxyl groups excluding tert-OH is 1. The molecule has 1 amide bonds. The van der Waals surface area contributed by atoms with E-state index in [-0.39, 0.29) is 46.7 Å². The number of amides is 1. The zero-order valence-electron chi connectivity index (χ0n) is 23.7. The first kappa shape index (κ1) is 31.5. The maximum atomic E-state index is 15.1. The number of ether oxygens (including phenoxy) is 1. The first-order chi connectivity index (χ1) is 20.8. The van der Waals surface area contributed by atoms with Crippen LogP contribution in [0, 0.1) is 17.5 Å². The molecule has 1 atom stereocenters. The second kappa shape index (κ2) is 12.8. The number of nitrogens with two attached hydrogens (primary N) is 2. The van der Waals surface area contributed by atoms with Gasteiger partial charge in [0.1, 0.15) is 28.5 Å². The summed E-state index contributed by atoms with van der Waals surface area (Å²) in [6, 6.07) is 6.14. The minimum absolute atomic E-state index is 0.0216. The van der Waals surface area contributed by atoms with Crippen LogP contribution in [0.1, 0.15) is 42.7 Å². The van der Waals surface area contributed by atoms with Gasteiger partial charge in [-0.2, -0.15) is 0 Å². The summed E-state index contributed by atoms with van der Waals surface area (Å²) in [6.45, 7) is 4.56. The van der Waals surface area contributed by atoms with E-state index < -0.39 is 52.3 Å². The van der Waals surface area contributed by atoms with E-state index in [0.29, 0.717) is 10.6 Å². The normalized spacial score (nSPS) is 12.3. The molecule has 0 saturated carbocycles. The lowest BCUT2D eigenvalue weighted by atomic mass is 10.2. The predicted molar refractivity (Wildman–Crippen MR) is 157 cm³/mol. The van der Waals surface area contributed by atoms with E-state index in [1.54, 1.807) is 20.8 Å². The largest absolute Gasteiger partial charge is 0.453 e. The molecule has 6 N–H and O–H groups in total. The molecule has 0 fully saturated rings. The molecule has 2 heterocycles. The minimum atomic E-state index is -1.30. The van der Waals surface area contributed by atoms with Gasteiger partial charge >= 0.3 is 5.69 Å². The number of benzene rings is 2. The summed E-state index contributed by atoms with van der Waals surface area (Å²) in [6.07, 6.45) is 2.35. The highest BCUT2D eigenvalue weighted by Gasteiger charge is 2.22. The summed E-state index contributed by atoms with van der Waals surface area (Å²) >= 11 is 0. The number of carbonyl (C=O) groups is 1. The lowest BCUT2D eigenvalue weighted by molar-refractivity contribution is 0.102. The molecule has 0 saturated heterocycles. The van der Waals surface area contributed by atoms with Crippen molar-refractivity contribution in [3.63, 3.8) is 0 Å². The molecule has 44 heavy (non-hydrogen) atoms. The number of aromatic nitrogens is 3. The summed E-state index contributed by atoms with van der Waals surface area (Å²) in [5, 5.41) is 11.7. The minimum Gasteiger partial charge on any atom is -0.453 e. The van der Waals surface area contributed by atoms with Gasteiger partial charge in [0.15, 0.2) is 23.2 Å². The van der Waals surface area contributed by atoms with Crippen LogP contribution in [0.5, 0.6) is 11.5 Å². The SMILES string of the molecule is CC(C)n1cc(C(=O)Nc2ccc(Oc3ccnc(N)c3C(N)=N[C@@H](C)CO)c(F)c2)c(=O)n(-c2ccc(F)c(F)c2)c1=O. The van der Waals surface area contributed by atoms with Gasteiger partial charge in [0.2, 0.25) is 0 Å². The fraction of sp³-hybridized carbons (Fsp3) is 0.207. The van der Waals surface area contributed by atoms with E-state index in [9.17, 15) is 28.3 Å². The average molecular weight is 612 g/mol. The van der Waals surface area contributed by atoms with E-state index in [1.807, 2.05) is 0 Å². The van der Waals surface area contributed by atoms with Gasteiger partial charge in [-0.3, -0.25) is 19.1 Å². The molecule has 230 valence electrons. The van der Waals surface area contributed by atoms with Crippen LogP contribution in [-0.2, 0) is 0 Å². The number of nitrogens with one attached hydrogen (secondary N) is 1. The molecule has 12 nitrogen and oxygen atoms in total. The lowest BCUT2D eigenvalue weighted by Crippen LogP contribution is -2.42. The standard InChI is InChI=1S/C29H28F3N7O5/c1-14(2)38-12-18(28(42)39(29(38)43)17-5-6-19(30)20(31)11-17)27(41)37-16-4-7-22(21(32)10-16)44-23-8-9-35-25(33)24(23)26(34)36-15(3)13-40/h4-12,14-15,40H,13H2,1-3H3,(H2,33,35)(H2,34,36)(H,37,41)/t15-/m0/s1. The van der Waals surface area contributed by atoms with E-state index in [1.165, 1.54) is 24.4 Å². The van der Waals surface area contributed by atoms with Gasteiger partial charge in [0, 0.05) is 42.3 Å². The maximum absolute atomic E-state index is 15.1. The Hall–Kier alpha value is -5.44. The highest BCUT2D eigenvalue weighted by molar-refractivity contribution is 6.04. The van der Waals surface area contributed by atoms with Crippen LogP contribution in [0.4, 0.5) is 24.7 Å². The average Bonchev–Trinajstić information content (AvgIpc) is 2.96. The number of amidine groups is 1. The number of hydrogen-bond donors (Lipinski definition) is 4. The smallest absolute Gasteiger partial charge is 0.335 e. The van der Waals surface area contributed by atoms with Crippen molar-refractivity contribution in [2.75, 3.05) is 17.7 Å². The van der Waals surface area contributed by atoms with Crippen molar-refractivity contribution in [3.05, 3.63) is 104 Å². The number of aliphatic imine (C=N–C) groups is 1. The Morgan fingerprint density at radius 1 is 1.05 bits per heavy atom. The van der Waals surface area contributed by atoms with Crippen LogP contribution < -0.4 is 32.8 Å². The second-order valence-electron chi connectivity index (χ2n) is 9.88. The van der Waals surface area contributed by atoms with E-state index in [4.69, 9.17) is 16.2 Å². The van der Waals surface area contributed by atoms with Crippen molar-refractivity contribution in [3.8, 4) is 17.2 Å². The highest BCUT2D eigenvalue weighted by atomic mass is 19.2. The zero-order valence-corrected chi connectivity index (χ0v) is 23.7. The Balaban J connectivity index is 1.67. The van der Waals surface area contributed by atoms with E-state index in [0.717, 1.165) is 29.0 Å². The van der Waals surface area contributed by atoms with Crippen LogP contribution in [0.3, 0.4) is 0 Å². The van der Waals surface area contributed by atoms with E-state index >= 15 is 4.39 Å². The Bertz CT molecular complexity index is 1890. The fourth-order valence-corrected chi connectivity index (χ4v) is 4.07. The number of nitrogen functional groups attached to an aromatic ring is 1. The van der Waals surface area contributed by atoms with Crippen LogP contribution in [0.15, 0.2) is 69.4 Å². The number of rotatable bonds is 9. The number of hydrogen-bond acceptors (Lipinski definition) is 8. The number of halogens is 3. The Morgan fingerprint density at radius 2 is 1.77 bits per heavy atom. The van der Waals surface area contributed by atoms with Crippen LogP contribution in [0.2, 0.25) is 0 Å². The van der Waals surface area contributed by atoms with Gasteiger partial charge in [0.05, 0.1) is 18.3 Å². The Kier molecular flexibility index (Phi) is 9.18. The topological polar surface area (TPSA) is 180 Å². The molecule has 2 aromatic heterocycles. The van der Waals surface area contributed by atoms with Gasteiger partial charge < -0.3 is 26.6 Å².